The largest absolute Gasteiger partial charge is 0.350 e. The first kappa shape index (κ1) is 19.8. The summed E-state index contributed by atoms with van der Waals surface area (Å²) in [7, 11) is 0. The molecule has 1 atom stereocenters. The molecule has 27 heavy (non-hydrogen) atoms. The van der Waals surface area contributed by atoms with Crippen molar-refractivity contribution in [3.05, 3.63) is 50.7 Å². The Labute approximate surface area is 166 Å². The highest BCUT2D eigenvalue weighted by Gasteiger charge is 2.28. The second kappa shape index (κ2) is 8.80. The van der Waals surface area contributed by atoms with E-state index < -0.39 is 5.82 Å². The Kier molecular flexibility index (Phi) is 6.44. The highest BCUT2D eigenvalue weighted by molar-refractivity contribution is 7.09. The number of hydrogen-bond acceptors (Lipinski definition) is 4. The van der Waals surface area contributed by atoms with Gasteiger partial charge in [-0.2, -0.15) is 0 Å². The fraction of sp³-hybridized carbons (Fsp3) is 0.421. The monoisotopic (exact) mass is 409 g/mol. The van der Waals surface area contributed by atoms with Crippen molar-refractivity contribution >= 4 is 34.8 Å². The van der Waals surface area contributed by atoms with Gasteiger partial charge in [-0.15, -0.1) is 11.3 Å². The van der Waals surface area contributed by atoms with Crippen LogP contribution in [0.1, 0.15) is 53.2 Å². The average molecular weight is 410 g/mol. The topological polar surface area (TPSA) is 62.3 Å². The van der Waals surface area contributed by atoms with Gasteiger partial charge in [0.05, 0.1) is 27.8 Å². The van der Waals surface area contributed by atoms with Gasteiger partial charge in [0.25, 0.3) is 5.91 Å². The molecule has 2 heterocycles. The number of likely N-dealkylation sites (tertiary alicyclic amines) is 1. The Hall–Kier alpha value is -1.99. The van der Waals surface area contributed by atoms with E-state index in [1.807, 2.05) is 12.3 Å². The Morgan fingerprint density at radius 1 is 1.44 bits per heavy atom. The number of piperidine rings is 1. The summed E-state index contributed by atoms with van der Waals surface area (Å²) in [6.45, 7) is 3.43. The van der Waals surface area contributed by atoms with Crippen molar-refractivity contribution in [2.45, 2.75) is 38.6 Å². The van der Waals surface area contributed by atoms with E-state index in [0.29, 0.717) is 31.6 Å². The number of nitrogens with one attached hydrogen (secondary N) is 1. The zero-order valence-corrected chi connectivity index (χ0v) is 16.6. The highest BCUT2D eigenvalue weighted by Crippen LogP contribution is 2.31. The predicted molar refractivity (Wildman–Crippen MR) is 104 cm³/mol. The number of nitrogens with zero attached hydrogens (tertiary/aromatic N) is 2. The molecule has 1 aliphatic heterocycles. The lowest BCUT2D eigenvalue weighted by atomic mass is 9.98. The molecule has 1 fully saturated rings. The molecule has 1 aliphatic rings. The molecule has 0 aliphatic carbocycles. The number of benzene rings is 1. The molecular weight excluding hydrogens is 389 g/mol. The maximum atomic E-state index is 13.2. The van der Waals surface area contributed by atoms with Crippen LogP contribution in [-0.4, -0.2) is 34.8 Å². The van der Waals surface area contributed by atoms with Crippen LogP contribution in [0, 0.1) is 5.82 Å². The van der Waals surface area contributed by atoms with Gasteiger partial charge in [0.2, 0.25) is 5.91 Å². The number of aromatic nitrogens is 1. The number of halogens is 2. The lowest BCUT2D eigenvalue weighted by molar-refractivity contribution is -0.120. The van der Waals surface area contributed by atoms with Crippen LogP contribution in [0.3, 0.4) is 0 Å². The van der Waals surface area contributed by atoms with E-state index in [2.05, 4.69) is 10.3 Å². The van der Waals surface area contributed by atoms with Gasteiger partial charge in [0, 0.05) is 30.8 Å². The number of thiazole rings is 1. The summed E-state index contributed by atoms with van der Waals surface area (Å²) in [4.78, 5) is 30.5. The second-order valence-corrected chi connectivity index (χ2v) is 7.82. The number of carbonyl (C=O) groups excluding carboxylic acids is 2. The molecule has 144 valence electrons. The first-order valence-electron chi connectivity index (χ1n) is 8.93. The Balaban J connectivity index is 1.66. The molecule has 0 radical (unpaired) electrons. The summed E-state index contributed by atoms with van der Waals surface area (Å²) < 4.78 is 13.2. The molecule has 8 heteroatoms. The smallest absolute Gasteiger partial charge is 0.255 e. The third kappa shape index (κ3) is 4.84. The third-order valence-electron chi connectivity index (χ3n) is 4.58. The molecule has 0 saturated carbocycles. The van der Waals surface area contributed by atoms with Crippen LogP contribution in [-0.2, 0) is 11.3 Å². The van der Waals surface area contributed by atoms with Gasteiger partial charge in [-0.3, -0.25) is 9.59 Å². The van der Waals surface area contributed by atoms with Gasteiger partial charge >= 0.3 is 0 Å². The summed E-state index contributed by atoms with van der Waals surface area (Å²) in [6, 6.07) is 3.84. The summed E-state index contributed by atoms with van der Waals surface area (Å²) in [5.74, 6) is -0.493. The average Bonchev–Trinajstić information content (AvgIpc) is 3.15. The van der Waals surface area contributed by atoms with Crippen LogP contribution in [0.15, 0.2) is 23.6 Å². The molecule has 5 nitrogen and oxygen atoms in total. The minimum absolute atomic E-state index is 0.00448. The molecule has 1 aromatic heterocycles. The van der Waals surface area contributed by atoms with E-state index in [1.54, 1.807) is 16.2 Å². The summed E-state index contributed by atoms with van der Waals surface area (Å²) >= 11 is 7.59. The van der Waals surface area contributed by atoms with Crippen molar-refractivity contribution in [3.8, 4) is 0 Å². The third-order valence-corrected chi connectivity index (χ3v) is 5.95. The summed E-state index contributed by atoms with van der Waals surface area (Å²) in [5.41, 5.74) is 1.16. The van der Waals surface area contributed by atoms with Crippen molar-refractivity contribution in [1.82, 2.24) is 15.2 Å². The predicted octanol–water partition coefficient (Wildman–Crippen LogP) is 3.98. The van der Waals surface area contributed by atoms with Crippen molar-refractivity contribution in [2.75, 3.05) is 13.1 Å². The van der Waals surface area contributed by atoms with E-state index in [1.165, 1.54) is 12.1 Å². The molecule has 1 unspecified atom stereocenters. The van der Waals surface area contributed by atoms with Crippen LogP contribution < -0.4 is 5.32 Å². The van der Waals surface area contributed by atoms with Crippen LogP contribution in [0.4, 0.5) is 4.39 Å². The molecule has 2 aromatic rings. The molecule has 0 spiro atoms. The molecular formula is C19H21ClFN3O2S. The standard InChI is InChI=1S/C19H21ClFN3O2S/c1-2-17(25)22-9-14-11-27-18(23-14)12-4-3-7-24(10-12)19(26)15-6-5-13(21)8-16(15)20/h5-6,8,11-12H,2-4,7,9-10H2,1H3,(H,22,25). The Morgan fingerprint density at radius 3 is 3.00 bits per heavy atom. The van der Waals surface area contributed by atoms with E-state index in [0.717, 1.165) is 29.6 Å². The van der Waals surface area contributed by atoms with Gasteiger partial charge in [-0.25, -0.2) is 9.37 Å². The van der Waals surface area contributed by atoms with E-state index in [-0.39, 0.29) is 22.8 Å². The lowest BCUT2D eigenvalue weighted by Gasteiger charge is -2.32. The molecule has 1 saturated heterocycles. The Bertz CT molecular complexity index is 842. The Morgan fingerprint density at radius 2 is 2.26 bits per heavy atom. The van der Waals surface area contributed by atoms with E-state index in [4.69, 9.17) is 11.6 Å². The zero-order chi connectivity index (χ0) is 19.4. The van der Waals surface area contributed by atoms with Crippen LogP contribution in [0.25, 0.3) is 0 Å². The number of carbonyl (C=O) groups is 2. The van der Waals surface area contributed by atoms with Crippen molar-refractivity contribution in [2.24, 2.45) is 0 Å². The molecule has 1 N–H and O–H groups in total. The van der Waals surface area contributed by atoms with Gasteiger partial charge in [0.15, 0.2) is 0 Å². The number of hydrogen-bond donors (Lipinski definition) is 1. The normalized spacial score (nSPS) is 17.0. The van der Waals surface area contributed by atoms with Crippen LogP contribution in [0.2, 0.25) is 5.02 Å². The van der Waals surface area contributed by atoms with Gasteiger partial charge in [-0.1, -0.05) is 18.5 Å². The summed E-state index contributed by atoms with van der Waals surface area (Å²) in [6.07, 6.45) is 2.27. The quantitative estimate of drug-likeness (QED) is 0.812. The molecule has 3 rings (SSSR count). The number of amides is 2. The van der Waals surface area contributed by atoms with Gasteiger partial charge in [0.1, 0.15) is 5.82 Å². The highest BCUT2D eigenvalue weighted by atomic mass is 35.5. The van der Waals surface area contributed by atoms with E-state index >= 15 is 0 Å². The zero-order valence-electron chi connectivity index (χ0n) is 15.0. The lowest BCUT2D eigenvalue weighted by Crippen LogP contribution is -2.39. The molecule has 0 bridgehead atoms. The molecule has 1 aromatic carbocycles. The van der Waals surface area contributed by atoms with Gasteiger partial charge in [-0.05, 0) is 31.0 Å². The SMILES string of the molecule is CCC(=O)NCc1csc(C2CCCN(C(=O)c3ccc(F)cc3Cl)C2)n1. The summed E-state index contributed by atoms with van der Waals surface area (Å²) in [5, 5.41) is 5.87. The first-order valence-corrected chi connectivity index (χ1v) is 10.2. The van der Waals surface area contributed by atoms with Crippen LogP contribution in [0.5, 0.6) is 0 Å². The maximum absolute atomic E-state index is 13.2. The van der Waals surface area contributed by atoms with E-state index in [9.17, 15) is 14.0 Å². The van der Waals surface area contributed by atoms with Crippen molar-refractivity contribution in [1.29, 1.82) is 0 Å². The minimum Gasteiger partial charge on any atom is -0.350 e. The van der Waals surface area contributed by atoms with Crippen LogP contribution >= 0.6 is 22.9 Å². The maximum Gasteiger partial charge on any atom is 0.255 e. The second-order valence-electron chi connectivity index (χ2n) is 6.52. The first-order chi connectivity index (χ1) is 13.0. The fourth-order valence-electron chi connectivity index (χ4n) is 3.10. The number of rotatable bonds is 5. The minimum atomic E-state index is -0.460. The molecule has 2 amide bonds. The fourth-order valence-corrected chi connectivity index (χ4v) is 4.30. The van der Waals surface area contributed by atoms with Crippen molar-refractivity contribution in [3.63, 3.8) is 0 Å². The van der Waals surface area contributed by atoms with Crippen molar-refractivity contribution < 1.29 is 14.0 Å². The van der Waals surface area contributed by atoms with Gasteiger partial charge < -0.3 is 10.2 Å².